The number of halogens is 1. The zero-order valence-electron chi connectivity index (χ0n) is 40.8. The maximum absolute atomic E-state index is 14.0. The van der Waals surface area contributed by atoms with Gasteiger partial charge in [-0.25, -0.2) is 4.98 Å². The first-order chi connectivity index (χ1) is 32.0. The number of aromatic nitrogens is 4. The van der Waals surface area contributed by atoms with E-state index in [1.165, 1.54) is 29.9 Å². The van der Waals surface area contributed by atoms with Gasteiger partial charge in [0.25, 0.3) is 0 Å². The number of pyridine rings is 2. The summed E-state index contributed by atoms with van der Waals surface area (Å²) in [5.41, 5.74) is 10.1. The number of hydrogen-bond acceptors (Lipinski definition) is 5. The van der Waals surface area contributed by atoms with Crippen molar-refractivity contribution in [3.63, 3.8) is 0 Å². The topological polar surface area (TPSA) is 56.7 Å². The number of para-hydroxylation sites is 3. The molecule has 1 aliphatic rings. The molecule has 5 nitrogen and oxygen atoms in total. The van der Waals surface area contributed by atoms with Crippen LogP contribution in [0.3, 0.4) is 0 Å². The summed E-state index contributed by atoms with van der Waals surface area (Å²) in [5, 5.41) is 5.23. The maximum Gasteiger partial charge on any atom is 0.214 e. The van der Waals surface area contributed by atoms with Gasteiger partial charge in [0.1, 0.15) is 16.0 Å². The number of imidazole rings is 1. The second-order valence-electron chi connectivity index (χ2n) is 17.4. The number of furan rings is 1. The molecule has 1 saturated carbocycles. The fraction of sp³-hybridized carbons (Fsp3) is 0.241. The van der Waals surface area contributed by atoms with Crippen molar-refractivity contribution in [1.29, 1.82) is 0 Å². The molecular weight excluding hydrogens is 992 g/mol. The summed E-state index contributed by atoms with van der Waals surface area (Å²) in [6.45, 7) is 8.76. The van der Waals surface area contributed by atoms with Crippen molar-refractivity contribution in [2.45, 2.75) is 78.8 Å². The van der Waals surface area contributed by atoms with E-state index in [1.807, 2.05) is 60.8 Å². The second-order valence-corrected chi connectivity index (χ2v) is 23.5. The number of benzene rings is 5. The molecule has 9 heteroatoms. The van der Waals surface area contributed by atoms with Crippen LogP contribution >= 0.6 is 11.3 Å². The fourth-order valence-corrected chi connectivity index (χ4v) is 11.6. The first-order valence-electron chi connectivity index (χ1n) is 23.8. The third-order valence-corrected chi connectivity index (χ3v) is 15.2. The molecule has 0 atom stereocenters. The number of aryl methyl sites for hydroxylation is 3. The summed E-state index contributed by atoms with van der Waals surface area (Å²) in [5.74, 6) is 0.334. The van der Waals surface area contributed by atoms with Crippen molar-refractivity contribution in [2.75, 3.05) is 0 Å². The molecule has 1 radical (unpaired) electrons. The third kappa shape index (κ3) is 8.10. The van der Waals surface area contributed by atoms with E-state index in [9.17, 15) is 4.39 Å². The number of thiophene rings is 1. The number of hydrogen-bond donors (Lipinski definition) is 0. The molecule has 1 aliphatic carbocycles. The molecular formula is C54H49FIrN4OSSi-2. The summed E-state index contributed by atoms with van der Waals surface area (Å²) < 4.78 is 64.2. The van der Waals surface area contributed by atoms with Gasteiger partial charge in [0, 0.05) is 60.6 Å². The first-order valence-corrected chi connectivity index (χ1v) is 25.6. The average Bonchev–Trinajstić information content (AvgIpc) is 4.00. The Balaban J connectivity index is 0.000000174. The Labute approximate surface area is 393 Å². The quantitative estimate of drug-likeness (QED) is 0.0946. The summed E-state index contributed by atoms with van der Waals surface area (Å²) in [7, 11) is -1.80. The predicted molar refractivity (Wildman–Crippen MR) is 259 cm³/mol. The number of fused-ring (bicyclic) bond motifs is 7. The molecule has 0 spiro atoms. The third-order valence-electron chi connectivity index (χ3n) is 12.1. The van der Waals surface area contributed by atoms with E-state index in [4.69, 9.17) is 16.3 Å². The van der Waals surface area contributed by atoms with Crippen LogP contribution in [0.1, 0.15) is 61.2 Å². The molecule has 11 rings (SSSR count). The van der Waals surface area contributed by atoms with Crippen molar-refractivity contribution in [2.24, 2.45) is 5.92 Å². The Morgan fingerprint density at radius 3 is 2.49 bits per heavy atom. The fourth-order valence-electron chi connectivity index (χ4n) is 9.08. The molecule has 0 aliphatic heterocycles. The van der Waals surface area contributed by atoms with Gasteiger partial charge in [-0.2, -0.15) is 15.7 Å². The molecule has 0 unspecified atom stereocenters. The monoisotopic (exact) mass is 1050 g/mol. The van der Waals surface area contributed by atoms with Crippen LogP contribution in [0.5, 0.6) is 0 Å². The van der Waals surface area contributed by atoms with E-state index >= 15 is 0 Å². The van der Waals surface area contributed by atoms with Crippen LogP contribution in [0.25, 0.3) is 81.6 Å². The smallest absolute Gasteiger partial charge is 0.214 e. The van der Waals surface area contributed by atoms with Crippen LogP contribution in [0.15, 0.2) is 114 Å². The van der Waals surface area contributed by atoms with Gasteiger partial charge in [0.05, 0.1) is 24.9 Å². The first kappa shape index (κ1) is 37.1. The van der Waals surface area contributed by atoms with Gasteiger partial charge in [-0.05, 0) is 83.7 Å². The molecule has 0 saturated heterocycles. The van der Waals surface area contributed by atoms with Gasteiger partial charge in [0.2, 0.25) is 5.95 Å². The molecule has 319 valence electrons. The minimum absolute atomic E-state index is 0. The molecule has 5 aromatic carbocycles. The van der Waals surface area contributed by atoms with E-state index < -0.39 is 27.2 Å². The molecule has 0 N–H and O–H groups in total. The van der Waals surface area contributed by atoms with Gasteiger partial charge in [-0.15, -0.1) is 53.6 Å². The van der Waals surface area contributed by atoms with Crippen LogP contribution in [-0.4, -0.2) is 27.6 Å². The van der Waals surface area contributed by atoms with E-state index in [2.05, 4.69) is 78.4 Å². The minimum Gasteiger partial charge on any atom is -0.456 e. The Bertz CT molecular complexity index is 3520. The molecule has 10 aromatic rings. The SMILES string of the molecule is Cc1cc2c(oc3ccccc32)c(C)c1-n1c(-c2[c-]ccc3c2sc2nc(F)ccc23)nc2ccccc21.[2H]C([2H])([2H])c1c[c-]c(-c2cc(C([2H])([2H])C3CCCCC3)c([Si](C)(C)C)cn2)cc1.[Ir]. The van der Waals surface area contributed by atoms with E-state index in [-0.39, 0.29) is 31.6 Å². The van der Waals surface area contributed by atoms with Crippen molar-refractivity contribution in [3.05, 3.63) is 150 Å². The Morgan fingerprint density at radius 1 is 0.889 bits per heavy atom. The van der Waals surface area contributed by atoms with E-state index in [0.29, 0.717) is 16.1 Å². The van der Waals surface area contributed by atoms with Crippen molar-refractivity contribution in [1.82, 2.24) is 19.5 Å². The number of rotatable bonds is 6. The molecule has 5 heterocycles. The van der Waals surface area contributed by atoms with Crippen LogP contribution in [0, 0.1) is 44.7 Å². The van der Waals surface area contributed by atoms with Gasteiger partial charge in [-0.3, -0.25) is 4.98 Å². The number of nitrogens with zero attached hydrogens (tertiary/aromatic N) is 4. The summed E-state index contributed by atoms with van der Waals surface area (Å²) in [4.78, 5) is 14.6. The van der Waals surface area contributed by atoms with Crippen LogP contribution in [-0.2, 0) is 26.5 Å². The molecule has 5 aromatic heterocycles. The predicted octanol–water partition coefficient (Wildman–Crippen LogP) is 14.4. The normalized spacial score (nSPS) is 15.1. The second kappa shape index (κ2) is 17.3. The van der Waals surface area contributed by atoms with Crippen LogP contribution in [0.4, 0.5) is 4.39 Å². The van der Waals surface area contributed by atoms with Gasteiger partial charge >= 0.3 is 0 Å². The molecule has 0 bridgehead atoms. The summed E-state index contributed by atoms with van der Waals surface area (Å²) in [6.07, 6.45) is 5.68. The van der Waals surface area contributed by atoms with Crippen molar-refractivity contribution in [3.8, 4) is 28.3 Å². The van der Waals surface area contributed by atoms with Crippen molar-refractivity contribution >= 4 is 77.9 Å². The molecule has 63 heavy (non-hydrogen) atoms. The van der Waals surface area contributed by atoms with Crippen molar-refractivity contribution < 1.29 is 35.8 Å². The zero-order chi connectivity index (χ0) is 47.0. The van der Waals surface area contributed by atoms with Crippen LogP contribution < -0.4 is 5.19 Å². The zero-order valence-corrected chi connectivity index (χ0v) is 40.0. The Kier molecular flexibility index (Phi) is 10.2. The largest absolute Gasteiger partial charge is 0.456 e. The Morgan fingerprint density at radius 2 is 1.70 bits per heavy atom. The average molecular weight is 1050 g/mol. The molecule has 0 amide bonds. The van der Waals surface area contributed by atoms with Crippen LogP contribution in [0.2, 0.25) is 19.6 Å². The molecule has 1 fully saturated rings. The summed E-state index contributed by atoms with van der Waals surface area (Å²) in [6, 6.07) is 38.8. The van der Waals surface area contributed by atoms with Gasteiger partial charge < -0.3 is 14.0 Å². The van der Waals surface area contributed by atoms with E-state index in [1.54, 1.807) is 18.2 Å². The van der Waals surface area contributed by atoms with Gasteiger partial charge in [0.15, 0.2) is 0 Å². The summed E-state index contributed by atoms with van der Waals surface area (Å²) >= 11 is 1.47. The maximum atomic E-state index is 14.0. The minimum atomic E-state index is -2.16. The van der Waals surface area contributed by atoms with E-state index in [0.717, 1.165) is 113 Å². The standard InChI is InChI=1S/C32H19FN3OS.C22H30NSi.Ir/c1-17-16-23-19-8-3-6-13-26(19)37-29(23)18(2)28(17)36-25-12-5-4-11-24(25)34-31(36)22-10-7-9-20-21-14-15-27(33)35-32(21)38-30(20)22;1-17-10-12-19(13-11-17)21-15-20(14-18-8-6-5-7-9-18)22(16-23-21)24(2,3)4;/h3-9,11-16H,1-2H3;10-12,15-16,18H,5-9,14H2,1-4H3;/q2*-1;/i;1D3,14D2;. The Hall–Kier alpha value is -5.31. The van der Waals surface area contributed by atoms with Gasteiger partial charge in [-0.1, -0.05) is 112 Å².